The van der Waals surface area contributed by atoms with Crippen molar-refractivity contribution < 1.29 is 19.1 Å². The second-order valence-corrected chi connectivity index (χ2v) is 5.95. The molecule has 24 heavy (non-hydrogen) atoms. The minimum absolute atomic E-state index is 0.164. The van der Waals surface area contributed by atoms with Crippen LogP contribution in [-0.2, 0) is 13.1 Å². The van der Waals surface area contributed by atoms with Gasteiger partial charge in [0.15, 0.2) is 0 Å². The van der Waals surface area contributed by atoms with Gasteiger partial charge in [0.25, 0.3) is 5.91 Å². The number of ether oxygens (including phenoxy) is 1. The third kappa shape index (κ3) is 3.55. The van der Waals surface area contributed by atoms with Crippen molar-refractivity contribution in [2.75, 3.05) is 6.61 Å². The molecule has 3 rings (SSSR count). The highest BCUT2D eigenvalue weighted by molar-refractivity contribution is 5.93. The Hall–Kier alpha value is -2.44. The fraction of sp³-hybridized carbons (Fsp3) is 0.278. The number of halogens is 1. The summed E-state index contributed by atoms with van der Waals surface area (Å²) in [6, 6.07) is 11.8. The number of nitrogens with one attached hydrogen (secondary N) is 1. The van der Waals surface area contributed by atoms with Gasteiger partial charge in [0.1, 0.15) is 18.2 Å². The van der Waals surface area contributed by atoms with Crippen molar-refractivity contribution in [1.82, 2.24) is 10.4 Å². The first-order chi connectivity index (χ1) is 11.6. The number of hydrogen-bond donors (Lipinski definition) is 2. The lowest BCUT2D eigenvalue weighted by molar-refractivity contribution is 0.0706. The van der Waals surface area contributed by atoms with Gasteiger partial charge in [-0.25, -0.2) is 9.87 Å². The van der Waals surface area contributed by atoms with Crippen molar-refractivity contribution in [2.45, 2.75) is 26.1 Å². The predicted molar refractivity (Wildman–Crippen MR) is 86.3 cm³/mol. The van der Waals surface area contributed by atoms with E-state index in [1.807, 2.05) is 6.07 Å². The van der Waals surface area contributed by atoms with Crippen molar-refractivity contribution in [1.29, 1.82) is 0 Å². The maximum Gasteiger partial charge on any atom is 0.274 e. The number of amides is 1. The third-order valence-electron chi connectivity index (χ3n) is 4.21. The SMILES string of the molecule is C[C@H]1COc2cc(C(=O)NO)ccc2CN1Cc1ccc(F)cc1. The van der Waals surface area contributed by atoms with E-state index in [0.717, 1.165) is 11.1 Å². The van der Waals surface area contributed by atoms with E-state index >= 15 is 0 Å². The van der Waals surface area contributed by atoms with Gasteiger partial charge in [-0.2, -0.15) is 0 Å². The Morgan fingerprint density at radius 3 is 2.79 bits per heavy atom. The van der Waals surface area contributed by atoms with Crippen LogP contribution in [0.2, 0.25) is 0 Å². The van der Waals surface area contributed by atoms with E-state index in [2.05, 4.69) is 11.8 Å². The summed E-state index contributed by atoms with van der Waals surface area (Å²) in [4.78, 5) is 13.8. The van der Waals surface area contributed by atoms with Crippen molar-refractivity contribution >= 4 is 5.91 Å². The Morgan fingerprint density at radius 2 is 2.08 bits per heavy atom. The Bertz CT molecular complexity index is 734. The molecule has 1 heterocycles. The van der Waals surface area contributed by atoms with E-state index in [1.54, 1.807) is 29.7 Å². The molecule has 2 aromatic rings. The topological polar surface area (TPSA) is 61.8 Å². The molecule has 6 heteroatoms. The van der Waals surface area contributed by atoms with E-state index < -0.39 is 5.91 Å². The first kappa shape index (κ1) is 16.4. The van der Waals surface area contributed by atoms with Gasteiger partial charge >= 0.3 is 0 Å². The maximum atomic E-state index is 13.1. The molecule has 0 saturated carbocycles. The van der Waals surface area contributed by atoms with E-state index in [-0.39, 0.29) is 11.9 Å². The highest BCUT2D eigenvalue weighted by atomic mass is 19.1. The number of nitrogens with zero attached hydrogens (tertiary/aromatic N) is 1. The van der Waals surface area contributed by atoms with E-state index in [4.69, 9.17) is 9.94 Å². The summed E-state index contributed by atoms with van der Waals surface area (Å²) in [5, 5.41) is 8.74. The molecule has 0 unspecified atom stereocenters. The molecule has 5 nitrogen and oxygen atoms in total. The van der Waals surface area contributed by atoms with Gasteiger partial charge in [0.05, 0.1) is 0 Å². The summed E-state index contributed by atoms with van der Waals surface area (Å²) < 4.78 is 18.9. The predicted octanol–water partition coefficient (Wildman–Crippen LogP) is 2.73. The molecule has 2 N–H and O–H groups in total. The quantitative estimate of drug-likeness (QED) is 0.671. The summed E-state index contributed by atoms with van der Waals surface area (Å²) in [7, 11) is 0. The molecule has 126 valence electrons. The molecule has 0 aromatic heterocycles. The van der Waals surface area contributed by atoms with Crippen LogP contribution in [0.1, 0.15) is 28.4 Å². The fourth-order valence-corrected chi connectivity index (χ4v) is 2.75. The molecule has 0 spiro atoms. The van der Waals surface area contributed by atoms with Crippen LogP contribution in [0.4, 0.5) is 4.39 Å². The molecule has 2 aromatic carbocycles. The summed E-state index contributed by atoms with van der Waals surface area (Å²) in [6.07, 6.45) is 0. The number of hydroxylamine groups is 1. The fourth-order valence-electron chi connectivity index (χ4n) is 2.75. The molecule has 0 bridgehead atoms. The van der Waals surface area contributed by atoms with Gasteiger partial charge in [0.2, 0.25) is 0 Å². The average molecular weight is 330 g/mol. The zero-order valence-corrected chi connectivity index (χ0v) is 13.3. The van der Waals surface area contributed by atoms with Crippen LogP contribution in [0.25, 0.3) is 0 Å². The maximum absolute atomic E-state index is 13.1. The third-order valence-corrected chi connectivity index (χ3v) is 4.21. The monoisotopic (exact) mass is 330 g/mol. The Morgan fingerprint density at radius 1 is 1.33 bits per heavy atom. The van der Waals surface area contributed by atoms with Gasteiger partial charge in [-0.05, 0) is 36.8 Å². The molecule has 1 aliphatic heterocycles. The molecule has 0 aliphatic carbocycles. The summed E-state index contributed by atoms with van der Waals surface area (Å²) >= 11 is 0. The number of carbonyl (C=O) groups is 1. The second kappa shape index (κ2) is 6.98. The molecule has 0 fully saturated rings. The minimum atomic E-state index is -0.568. The summed E-state index contributed by atoms with van der Waals surface area (Å²) in [6.45, 7) is 3.90. The Balaban J connectivity index is 1.81. The summed E-state index contributed by atoms with van der Waals surface area (Å²) in [5.41, 5.74) is 3.97. The van der Waals surface area contributed by atoms with Crippen LogP contribution in [0.5, 0.6) is 5.75 Å². The largest absolute Gasteiger partial charge is 0.492 e. The van der Waals surface area contributed by atoms with Gasteiger partial charge in [0, 0.05) is 30.3 Å². The van der Waals surface area contributed by atoms with Crippen molar-refractivity contribution in [3.05, 3.63) is 65.0 Å². The minimum Gasteiger partial charge on any atom is -0.492 e. The number of hydrogen-bond acceptors (Lipinski definition) is 4. The second-order valence-electron chi connectivity index (χ2n) is 5.95. The van der Waals surface area contributed by atoms with Crippen LogP contribution in [0.3, 0.4) is 0 Å². The van der Waals surface area contributed by atoms with Crippen LogP contribution in [0.15, 0.2) is 42.5 Å². The number of benzene rings is 2. The smallest absolute Gasteiger partial charge is 0.274 e. The molecule has 1 aliphatic rings. The number of rotatable bonds is 3. The van der Waals surface area contributed by atoms with E-state index in [1.165, 1.54) is 12.1 Å². The van der Waals surface area contributed by atoms with Crippen molar-refractivity contribution in [3.8, 4) is 5.75 Å². The zero-order valence-electron chi connectivity index (χ0n) is 13.3. The molecule has 1 atom stereocenters. The van der Waals surface area contributed by atoms with Crippen LogP contribution in [0, 0.1) is 5.82 Å². The van der Waals surface area contributed by atoms with Gasteiger partial charge in [-0.15, -0.1) is 0 Å². The first-order valence-corrected chi connectivity index (χ1v) is 7.75. The summed E-state index contributed by atoms with van der Waals surface area (Å²) in [5.74, 6) is -0.169. The average Bonchev–Trinajstić information content (AvgIpc) is 2.75. The van der Waals surface area contributed by atoms with Crippen LogP contribution < -0.4 is 10.2 Å². The molecular formula is C18H19FN2O3. The van der Waals surface area contributed by atoms with E-state index in [0.29, 0.717) is 31.0 Å². The number of carbonyl (C=O) groups excluding carboxylic acids is 1. The molecular weight excluding hydrogens is 311 g/mol. The van der Waals surface area contributed by atoms with Crippen molar-refractivity contribution in [2.24, 2.45) is 0 Å². The highest BCUT2D eigenvalue weighted by Crippen LogP contribution is 2.27. The zero-order chi connectivity index (χ0) is 17.1. The Labute approximate surface area is 139 Å². The van der Waals surface area contributed by atoms with Crippen LogP contribution in [-0.4, -0.2) is 28.7 Å². The number of fused-ring (bicyclic) bond motifs is 1. The van der Waals surface area contributed by atoms with Gasteiger partial charge < -0.3 is 4.74 Å². The van der Waals surface area contributed by atoms with E-state index in [9.17, 15) is 9.18 Å². The lowest BCUT2D eigenvalue weighted by Gasteiger charge is -2.26. The molecule has 1 amide bonds. The normalized spacial score (nSPS) is 17.5. The Kier molecular flexibility index (Phi) is 4.78. The van der Waals surface area contributed by atoms with Crippen LogP contribution >= 0.6 is 0 Å². The van der Waals surface area contributed by atoms with Gasteiger partial charge in [-0.3, -0.25) is 14.9 Å². The molecule has 0 radical (unpaired) electrons. The van der Waals surface area contributed by atoms with Crippen molar-refractivity contribution in [3.63, 3.8) is 0 Å². The molecule has 0 saturated heterocycles. The van der Waals surface area contributed by atoms with Gasteiger partial charge in [-0.1, -0.05) is 18.2 Å². The standard InChI is InChI=1S/C18H19FN2O3/c1-12-11-24-17-8-14(18(22)20-23)4-5-15(17)10-21(12)9-13-2-6-16(19)7-3-13/h2-8,12,23H,9-11H2,1H3,(H,20,22)/t12-/m0/s1. The lowest BCUT2D eigenvalue weighted by Crippen LogP contribution is -2.34. The first-order valence-electron chi connectivity index (χ1n) is 7.75. The highest BCUT2D eigenvalue weighted by Gasteiger charge is 2.22. The lowest BCUT2D eigenvalue weighted by atomic mass is 10.1.